The highest BCUT2D eigenvalue weighted by Crippen LogP contribution is 2.11. The Morgan fingerprint density at radius 3 is 2.72 bits per heavy atom. The predicted octanol–water partition coefficient (Wildman–Crippen LogP) is 0.963. The maximum Gasteiger partial charge on any atom is 0.0910 e. The molecule has 0 spiro atoms. The minimum absolute atomic E-state index is 0.439. The van der Waals surface area contributed by atoms with Crippen LogP contribution in [0.25, 0.3) is 0 Å². The Hall–Kier alpha value is -2.01. The van der Waals surface area contributed by atoms with Crippen LogP contribution in [0, 0.1) is 0 Å². The summed E-state index contributed by atoms with van der Waals surface area (Å²) < 4.78 is 1.65. The van der Waals surface area contributed by atoms with Gasteiger partial charge >= 0.3 is 0 Å². The largest absolute Gasteiger partial charge is 0.396 e. The molecule has 2 aromatic rings. The van der Waals surface area contributed by atoms with Crippen LogP contribution in [0.5, 0.6) is 0 Å². The van der Waals surface area contributed by atoms with E-state index in [1.165, 1.54) is 0 Å². The molecule has 1 unspecified atom stereocenters. The Labute approximate surface area is 106 Å². The number of aromatic nitrogens is 2. The van der Waals surface area contributed by atoms with E-state index < -0.39 is 6.10 Å². The van der Waals surface area contributed by atoms with Crippen molar-refractivity contribution >= 4 is 11.4 Å². The fourth-order valence-corrected chi connectivity index (χ4v) is 1.86. The topological polar surface area (TPSA) is 67.3 Å². The molecule has 0 aliphatic carbocycles. The summed E-state index contributed by atoms with van der Waals surface area (Å²) in [5.41, 5.74) is 7.26. The van der Waals surface area contributed by atoms with Crippen molar-refractivity contribution in [2.45, 2.75) is 12.6 Å². The first-order valence-corrected chi connectivity index (χ1v) is 5.87. The van der Waals surface area contributed by atoms with Gasteiger partial charge in [-0.15, -0.1) is 0 Å². The average Bonchev–Trinajstić information content (AvgIpc) is 2.75. The molecule has 0 radical (unpaired) electrons. The van der Waals surface area contributed by atoms with E-state index in [1.54, 1.807) is 17.1 Å². The number of benzene rings is 1. The zero-order valence-electron chi connectivity index (χ0n) is 10.4. The molecule has 1 heterocycles. The number of aliphatic hydroxyl groups excluding tert-OH is 1. The Bertz CT molecular complexity index is 483. The third-order valence-corrected chi connectivity index (χ3v) is 2.73. The third kappa shape index (κ3) is 3.24. The zero-order valence-corrected chi connectivity index (χ0v) is 10.4. The summed E-state index contributed by atoms with van der Waals surface area (Å²) in [6, 6.07) is 9.95. The van der Waals surface area contributed by atoms with Gasteiger partial charge in [0, 0.05) is 25.5 Å². The lowest BCUT2D eigenvalue weighted by molar-refractivity contribution is 0.156. The van der Waals surface area contributed by atoms with Crippen molar-refractivity contribution in [1.29, 1.82) is 0 Å². The molecule has 3 N–H and O–H groups in total. The standard InChI is InChI=1S/C13H18N4O/c1-16(12-5-3-2-4-6-12)9-13(18)10-17-8-11(14)7-15-17/h2-8,13,18H,9-10,14H2,1H3. The van der Waals surface area contributed by atoms with E-state index in [-0.39, 0.29) is 0 Å². The van der Waals surface area contributed by atoms with Crippen molar-refractivity contribution in [1.82, 2.24) is 9.78 Å². The second kappa shape index (κ2) is 5.55. The summed E-state index contributed by atoms with van der Waals surface area (Å²) in [5, 5.41) is 14.0. The van der Waals surface area contributed by atoms with Crippen LogP contribution in [0.3, 0.4) is 0 Å². The SMILES string of the molecule is CN(CC(O)Cn1cc(N)cn1)c1ccccc1. The highest BCUT2D eigenvalue weighted by atomic mass is 16.3. The number of hydrogen-bond acceptors (Lipinski definition) is 4. The average molecular weight is 246 g/mol. The molecule has 0 aliphatic rings. The summed E-state index contributed by atoms with van der Waals surface area (Å²) in [4.78, 5) is 2.01. The Kier molecular flexibility index (Phi) is 3.84. The first kappa shape index (κ1) is 12.4. The van der Waals surface area contributed by atoms with Gasteiger partial charge in [0.1, 0.15) is 0 Å². The van der Waals surface area contributed by atoms with Crippen LogP contribution < -0.4 is 10.6 Å². The number of rotatable bonds is 5. The molecule has 0 bridgehead atoms. The van der Waals surface area contributed by atoms with Crippen LogP contribution in [0.2, 0.25) is 0 Å². The van der Waals surface area contributed by atoms with E-state index in [0.717, 1.165) is 5.69 Å². The number of nitrogens with two attached hydrogens (primary N) is 1. The van der Waals surface area contributed by atoms with Gasteiger partial charge in [-0.3, -0.25) is 4.68 Å². The van der Waals surface area contributed by atoms with Crippen LogP contribution in [0.4, 0.5) is 11.4 Å². The summed E-state index contributed by atoms with van der Waals surface area (Å²) in [6.45, 7) is 0.984. The number of hydrogen-bond donors (Lipinski definition) is 2. The van der Waals surface area contributed by atoms with Crippen molar-refractivity contribution < 1.29 is 5.11 Å². The fourth-order valence-electron chi connectivity index (χ4n) is 1.86. The van der Waals surface area contributed by atoms with Crippen molar-refractivity contribution in [2.75, 3.05) is 24.2 Å². The maximum absolute atomic E-state index is 10.0. The lowest BCUT2D eigenvalue weighted by Gasteiger charge is -2.22. The van der Waals surface area contributed by atoms with Crippen LogP contribution in [0.1, 0.15) is 0 Å². The number of para-hydroxylation sites is 1. The minimum atomic E-state index is -0.491. The number of nitrogens with zero attached hydrogens (tertiary/aromatic N) is 3. The molecule has 1 aromatic carbocycles. The van der Waals surface area contributed by atoms with E-state index in [4.69, 9.17) is 5.73 Å². The normalized spacial score (nSPS) is 12.3. The molecule has 96 valence electrons. The second-order valence-electron chi connectivity index (χ2n) is 4.37. The van der Waals surface area contributed by atoms with Crippen molar-refractivity contribution in [3.63, 3.8) is 0 Å². The molecule has 5 heteroatoms. The first-order valence-electron chi connectivity index (χ1n) is 5.87. The molecule has 18 heavy (non-hydrogen) atoms. The third-order valence-electron chi connectivity index (χ3n) is 2.73. The van der Waals surface area contributed by atoms with Crippen molar-refractivity contribution in [3.8, 4) is 0 Å². The lowest BCUT2D eigenvalue weighted by Crippen LogP contribution is -2.32. The van der Waals surface area contributed by atoms with Gasteiger partial charge in [-0.25, -0.2) is 0 Å². The zero-order chi connectivity index (χ0) is 13.0. The highest BCUT2D eigenvalue weighted by Gasteiger charge is 2.10. The van der Waals surface area contributed by atoms with Gasteiger partial charge in [0.15, 0.2) is 0 Å². The Balaban J connectivity index is 1.89. The minimum Gasteiger partial charge on any atom is -0.396 e. The summed E-state index contributed by atoms with van der Waals surface area (Å²) >= 11 is 0. The van der Waals surface area contributed by atoms with Crippen LogP contribution in [-0.4, -0.2) is 34.6 Å². The van der Waals surface area contributed by atoms with Gasteiger partial charge in [0.25, 0.3) is 0 Å². The molecule has 0 aliphatic heterocycles. The van der Waals surface area contributed by atoms with Gasteiger partial charge in [-0.2, -0.15) is 5.10 Å². The Morgan fingerprint density at radius 1 is 1.39 bits per heavy atom. The molecule has 0 amide bonds. The molecule has 0 saturated carbocycles. The summed E-state index contributed by atoms with van der Waals surface area (Å²) in [6.07, 6.45) is 2.80. The van der Waals surface area contributed by atoms with E-state index in [0.29, 0.717) is 18.8 Å². The molecule has 0 fully saturated rings. The molecule has 5 nitrogen and oxygen atoms in total. The van der Waals surface area contributed by atoms with Gasteiger partial charge in [-0.05, 0) is 12.1 Å². The van der Waals surface area contributed by atoms with E-state index >= 15 is 0 Å². The van der Waals surface area contributed by atoms with E-state index in [9.17, 15) is 5.11 Å². The predicted molar refractivity (Wildman–Crippen MR) is 72.4 cm³/mol. The van der Waals surface area contributed by atoms with Gasteiger partial charge in [0.2, 0.25) is 0 Å². The quantitative estimate of drug-likeness (QED) is 0.824. The highest BCUT2D eigenvalue weighted by molar-refractivity contribution is 5.45. The lowest BCUT2D eigenvalue weighted by atomic mass is 10.2. The maximum atomic E-state index is 10.0. The molecule has 2 rings (SSSR count). The molecular formula is C13H18N4O. The molecule has 1 atom stereocenters. The molecular weight excluding hydrogens is 228 g/mol. The number of anilines is 2. The summed E-state index contributed by atoms with van der Waals surface area (Å²) in [7, 11) is 1.95. The van der Waals surface area contributed by atoms with Crippen LogP contribution in [0.15, 0.2) is 42.7 Å². The van der Waals surface area contributed by atoms with Gasteiger partial charge in [0.05, 0.1) is 24.5 Å². The fraction of sp³-hybridized carbons (Fsp3) is 0.308. The first-order chi connectivity index (χ1) is 8.65. The number of aliphatic hydroxyl groups is 1. The van der Waals surface area contributed by atoms with Crippen molar-refractivity contribution in [3.05, 3.63) is 42.7 Å². The number of likely N-dealkylation sites (N-methyl/N-ethyl adjacent to an activating group) is 1. The van der Waals surface area contributed by atoms with Crippen LogP contribution >= 0.6 is 0 Å². The van der Waals surface area contributed by atoms with E-state index in [1.807, 2.05) is 42.3 Å². The summed E-state index contributed by atoms with van der Waals surface area (Å²) in [5.74, 6) is 0. The number of nitrogen functional groups attached to an aromatic ring is 1. The van der Waals surface area contributed by atoms with Crippen molar-refractivity contribution in [2.24, 2.45) is 0 Å². The monoisotopic (exact) mass is 246 g/mol. The van der Waals surface area contributed by atoms with Gasteiger partial charge in [-0.1, -0.05) is 18.2 Å². The molecule has 0 saturated heterocycles. The Morgan fingerprint density at radius 2 is 2.11 bits per heavy atom. The second-order valence-corrected chi connectivity index (χ2v) is 4.37. The van der Waals surface area contributed by atoms with Crippen LogP contribution in [-0.2, 0) is 6.54 Å². The smallest absolute Gasteiger partial charge is 0.0910 e. The van der Waals surface area contributed by atoms with Gasteiger partial charge < -0.3 is 15.7 Å². The van der Waals surface area contributed by atoms with E-state index in [2.05, 4.69) is 5.10 Å². The molecule has 1 aromatic heterocycles.